The summed E-state index contributed by atoms with van der Waals surface area (Å²) in [7, 11) is 0. The lowest BCUT2D eigenvalue weighted by atomic mass is 9.85. The number of aldehydes is 1. The van der Waals surface area contributed by atoms with Crippen molar-refractivity contribution in [1.29, 1.82) is 0 Å². The molecule has 0 bridgehead atoms. The summed E-state index contributed by atoms with van der Waals surface area (Å²) in [6.45, 7) is 2.20. The highest BCUT2D eigenvalue weighted by atomic mass is 16.5. The van der Waals surface area contributed by atoms with Crippen LogP contribution >= 0.6 is 0 Å². The largest absolute Gasteiger partial charge is 0.425 e. The number of carbonyl (C=O) groups excluding carboxylic acids is 2. The standard InChI is InChI=1S/C16H17NO3/c18-9-12-8-11-7-10-3-1-5-17-6-2-4-13(14(10)17)15(11)20-16(12)19/h7,9,12H,1-6,8H2. The second-order valence-corrected chi connectivity index (χ2v) is 5.91. The first-order chi connectivity index (χ1) is 9.78. The van der Waals surface area contributed by atoms with E-state index < -0.39 is 11.9 Å². The Balaban J connectivity index is 1.89. The molecule has 3 heterocycles. The number of hydrogen-bond acceptors (Lipinski definition) is 4. The smallest absolute Gasteiger partial charge is 0.321 e. The SMILES string of the molecule is O=CC1Cc2cc3c4c(c2OC1=O)CCCN4CCC3. The monoisotopic (exact) mass is 271 g/mol. The molecular weight excluding hydrogens is 254 g/mol. The van der Waals surface area contributed by atoms with Crippen molar-refractivity contribution in [2.75, 3.05) is 18.0 Å². The maximum absolute atomic E-state index is 11.9. The Hall–Kier alpha value is -1.84. The summed E-state index contributed by atoms with van der Waals surface area (Å²) in [5.41, 5.74) is 4.91. The number of anilines is 1. The second-order valence-electron chi connectivity index (χ2n) is 5.91. The lowest BCUT2D eigenvalue weighted by molar-refractivity contribution is -0.142. The molecule has 0 aromatic heterocycles. The van der Waals surface area contributed by atoms with E-state index in [2.05, 4.69) is 11.0 Å². The Morgan fingerprint density at radius 1 is 1.20 bits per heavy atom. The average Bonchev–Trinajstić information content (AvgIpc) is 2.48. The molecule has 3 aliphatic rings. The molecule has 0 amide bonds. The van der Waals surface area contributed by atoms with E-state index in [1.807, 2.05) is 0 Å². The first kappa shape index (κ1) is 11.9. The predicted molar refractivity (Wildman–Crippen MR) is 74.2 cm³/mol. The van der Waals surface area contributed by atoms with Crippen LogP contribution in [-0.4, -0.2) is 25.3 Å². The summed E-state index contributed by atoms with van der Waals surface area (Å²) >= 11 is 0. The number of nitrogens with zero attached hydrogens (tertiary/aromatic N) is 1. The Labute approximate surface area is 117 Å². The fraction of sp³-hybridized carbons (Fsp3) is 0.500. The zero-order valence-electron chi connectivity index (χ0n) is 11.4. The van der Waals surface area contributed by atoms with Gasteiger partial charge in [-0.05, 0) is 49.3 Å². The van der Waals surface area contributed by atoms with E-state index in [0.29, 0.717) is 12.7 Å². The van der Waals surface area contributed by atoms with Gasteiger partial charge in [-0.2, -0.15) is 0 Å². The molecule has 1 aromatic rings. The van der Waals surface area contributed by atoms with Crippen molar-refractivity contribution >= 4 is 17.9 Å². The summed E-state index contributed by atoms with van der Waals surface area (Å²) in [5.74, 6) is -0.272. The molecule has 0 aliphatic carbocycles. The third-order valence-corrected chi connectivity index (χ3v) is 4.66. The van der Waals surface area contributed by atoms with Crippen LogP contribution in [0.1, 0.15) is 29.5 Å². The number of carbonyl (C=O) groups is 2. The number of ether oxygens (including phenoxy) is 1. The van der Waals surface area contributed by atoms with Gasteiger partial charge >= 0.3 is 5.97 Å². The molecule has 3 aliphatic heterocycles. The molecule has 0 fully saturated rings. The second kappa shape index (κ2) is 4.33. The van der Waals surface area contributed by atoms with Crippen molar-refractivity contribution in [3.8, 4) is 5.75 Å². The van der Waals surface area contributed by atoms with Crippen LogP contribution in [0, 0.1) is 5.92 Å². The zero-order chi connectivity index (χ0) is 13.7. The van der Waals surface area contributed by atoms with Gasteiger partial charge in [0.15, 0.2) is 0 Å². The van der Waals surface area contributed by atoms with Crippen molar-refractivity contribution in [1.82, 2.24) is 0 Å². The molecule has 1 unspecified atom stereocenters. The van der Waals surface area contributed by atoms with Gasteiger partial charge in [-0.3, -0.25) is 4.79 Å². The van der Waals surface area contributed by atoms with Crippen LogP contribution in [0.2, 0.25) is 0 Å². The molecule has 0 radical (unpaired) electrons. The highest BCUT2D eigenvalue weighted by Gasteiger charge is 2.34. The quantitative estimate of drug-likeness (QED) is 0.337. The maximum atomic E-state index is 11.9. The van der Waals surface area contributed by atoms with Crippen LogP contribution in [0.5, 0.6) is 5.75 Å². The van der Waals surface area contributed by atoms with Gasteiger partial charge in [-0.1, -0.05) is 0 Å². The summed E-state index contributed by atoms with van der Waals surface area (Å²) in [6, 6.07) is 2.16. The molecule has 0 saturated heterocycles. The summed E-state index contributed by atoms with van der Waals surface area (Å²) in [6.07, 6.45) is 5.56. The lowest BCUT2D eigenvalue weighted by Crippen LogP contribution is -2.36. The van der Waals surface area contributed by atoms with Gasteiger partial charge in [0.2, 0.25) is 0 Å². The van der Waals surface area contributed by atoms with Crippen LogP contribution in [0.25, 0.3) is 0 Å². The van der Waals surface area contributed by atoms with E-state index in [4.69, 9.17) is 4.74 Å². The van der Waals surface area contributed by atoms with Gasteiger partial charge in [-0.15, -0.1) is 0 Å². The van der Waals surface area contributed by atoms with Gasteiger partial charge in [0.1, 0.15) is 18.0 Å². The molecule has 4 heteroatoms. The van der Waals surface area contributed by atoms with Crippen molar-refractivity contribution < 1.29 is 14.3 Å². The fourth-order valence-corrected chi connectivity index (χ4v) is 3.78. The summed E-state index contributed by atoms with van der Waals surface area (Å²) in [4.78, 5) is 25.3. The summed E-state index contributed by atoms with van der Waals surface area (Å²) < 4.78 is 5.51. The Morgan fingerprint density at radius 2 is 2.00 bits per heavy atom. The molecule has 4 nitrogen and oxygen atoms in total. The minimum Gasteiger partial charge on any atom is -0.425 e. The average molecular weight is 271 g/mol. The molecule has 104 valence electrons. The van der Waals surface area contributed by atoms with Gasteiger partial charge in [0, 0.05) is 24.3 Å². The Morgan fingerprint density at radius 3 is 2.80 bits per heavy atom. The number of rotatable bonds is 1. The van der Waals surface area contributed by atoms with E-state index in [9.17, 15) is 9.59 Å². The van der Waals surface area contributed by atoms with Crippen molar-refractivity contribution in [2.45, 2.75) is 32.1 Å². The number of esters is 1. The maximum Gasteiger partial charge on any atom is 0.321 e. The van der Waals surface area contributed by atoms with E-state index in [1.165, 1.54) is 23.2 Å². The zero-order valence-corrected chi connectivity index (χ0v) is 11.4. The van der Waals surface area contributed by atoms with Crippen LogP contribution in [-0.2, 0) is 28.9 Å². The van der Waals surface area contributed by atoms with Crippen molar-refractivity contribution in [3.63, 3.8) is 0 Å². The van der Waals surface area contributed by atoms with Crippen LogP contribution in [0.3, 0.4) is 0 Å². The fourth-order valence-electron chi connectivity index (χ4n) is 3.78. The van der Waals surface area contributed by atoms with Crippen molar-refractivity contribution in [2.24, 2.45) is 5.92 Å². The first-order valence-corrected chi connectivity index (χ1v) is 7.37. The minimum atomic E-state index is -0.629. The summed E-state index contributed by atoms with van der Waals surface area (Å²) in [5, 5.41) is 0. The number of fused-ring (bicyclic) bond motifs is 2. The van der Waals surface area contributed by atoms with Gasteiger partial charge in [-0.25, -0.2) is 0 Å². The first-order valence-electron chi connectivity index (χ1n) is 7.37. The highest BCUT2D eigenvalue weighted by molar-refractivity contribution is 5.92. The van der Waals surface area contributed by atoms with Gasteiger partial charge in [0.05, 0.1) is 0 Å². The molecule has 20 heavy (non-hydrogen) atoms. The third kappa shape index (κ3) is 1.60. The van der Waals surface area contributed by atoms with Gasteiger partial charge in [0.25, 0.3) is 0 Å². The molecule has 4 rings (SSSR count). The van der Waals surface area contributed by atoms with Crippen LogP contribution in [0.15, 0.2) is 6.07 Å². The molecule has 1 aromatic carbocycles. The van der Waals surface area contributed by atoms with Crippen LogP contribution < -0.4 is 9.64 Å². The molecule has 1 atom stereocenters. The Kier molecular flexibility index (Phi) is 2.59. The molecular formula is C16H17NO3. The minimum absolute atomic E-state index is 0.392. The topological polar surface area (TPSA) is 46.6 Å². The molecule has 0 N–H and O–H groups in total. The molecule has 0 saturated carbocycles. The van der Waals surface area contributed by atoms with E-state index in [1.54, 1.807) is 0 Å². The Bertz CT molecular complexity index is 606. The van der Waals surface area contributed by atoms with Crippen molar-refractivity contribution in [3.05, 3.63) is 22.8 Å². The van der Waals surface area contributed by atoms with Gasteiger partial charge < -0.3 is 14.4 Å². The normalized spacial score (nSPS) is 23.7. The number of benzene rings is 1. The predicted octanol–water partition coefficient (Wildman–Crippen LogP) is 1.66. The highest BCUT2D eigenvalue weighted by Crippen LogP contribution is 2.44. The van der Waals surface area contributed by atoms with E-state index in [-0.39, 0.29) is 0 Å². The molecule has 0 spiro atoms. The van der Waals surface area contributed by atoms with E-state index in [0.717, 1.165) is 43.7 Å². The lowest BCUT2D eigenvalue weighted by Gasteiger charge is -2.39. The number of hydrogen-bond donors (Lipinski definition) is 0. The number of aryl methyl sites for hydroxylation is 1. The van der Waals surface area contributed by atoms with Crippen LogP contribution in [0.4, 0.5) is 5.69 Å². The third-order valence-electron chi connectivity index (χ3n) is 4.66. The van der Waals surface area contributed by atoms with E-state index >= 15 is 0 Å².